The molecule has 1 amide bonds. The van der Waals surface area contributed by atoms with E-state index in [2.05, 4.69) is 5.32 Å². The first kappa shape index (κ1) is 22.0. The monoisotopic (exact) mass is 424 g/mol. The minimum Gasteiger partial charge on any atom is -0.354 e. The van der Waals surface area contributed by atoms with Gasteiger partial charge in [0.25, 0.3) is 0 Å². The molecule has 1 aromatic rings. The van der Waals surface area contributed by atoms with Gasteiger partial charge in [-0.05, 0) is 18.1 Å². The number of nitrogens with zero attached hydrogens (tertiary/aromatic N) is 1. The average molecular weight is 425 g/mol. The van der Waals surface area contributed by atoms with Gasteiger partial charge in [0.05, 0.1) is 17.2 Å². The summed E-state index contributed by atoms with van der Waals surface area (Å²) < 4.78 is 64.6. The van der Waals surface area contributed by atoms with Crippen molar-refractivity contribution in [2.75, 3.05) is 36.9 Å². The van der Waals surface area contributed by atoms with Crippen molar-refractivity contribution in [3.8, 4) is 0 Å². The van der Waals surface area contributed by atoms with Crippen LogP contribution in [-0.4, -0.2) is 55.5 Å². The van der Waals surface area contributed by atoms with Crippen LogP contribution in [0.25, 0.3) is 0 Å². The molecule has 1 atom stereocenters. The summed E-state index contributed by atoms with van der Waals surface area (Å²) in [6, 6.07) is 4.67. The van der Waals surface area contributed by atoms with Crippen molar-refractivity contribution >= 4 is 27.7 Å². The number of thioether (sulfide) groups is 1. The fourth-order valence-corrected chi connectivity index (χ4v) is 5.38. The van der Waals surface area contributed by atoms with Gasteiger partial charge in [0, 0.05) is 31.1 Å². The first-order valence-corrected chi connectivity index (χ1v) is 11.4. The smallest absolute Gasteiger partial charge is 0.354 e. The van der Waals surface area contributed by atoms with Crippen LogP contribution in [0.4, 0.5) is 13.2 Å². The molecule has 1 heterocycles. The van der Waals surface area contributed by atoms with E-state index >= 15 is 0 Å². The molecule has 1 N–H and O–H groups in total. The zero-order valence-electron chi connectivity index (χ0n) is 15.0. The number of benzene rings is 1. The summed E-state index contributed by atoms with van der Waals surface area (Å²) >= 11 is 1.69. The van der Waals surface area contributed by atoms with Gasteiger partial charge in [-0.15, -0.1) is 0 Å². The van der Waals surface area contributed by atoms with Crippen LogP contribution < -0.4 is 5.32 Å². The Morgan fingerprint density at radius 1 is 1.30 bits per heavy atom. The number of sulfonamides is 1. The Balaban J connectivity index is 1.97. The molecule has 0 bridgehead atoms. The molecule has 0 saturated carbocycles. The second-order valence-electron chi connectivity index (χ2n) is 6.20. The molecule has 5 nitrogen and oxygen atoms in total. The van der Waals surface area contributed by atoms with Gasteiger partial charge in [-0.1, -0.05) is 25.1 Å². The van der Waals surface area contributed by atoms with Crippen molar-refractivity contribution in [1.29, 1.82) is 0 Å². The maximum atomic E-state index is 12.9. The lowest BCUT2D eigenvalue weighted by atomic mass is 9.94. The van der Waals surface area contributed by atoms with E-state index in [1.54, 1.807) is 18.7 Å². The number of alkyl halides is 3. The van der Waals surface area contributed by atoms with Gasteiger partial charge in [-0.3, -0.25) is 4.79 Å². The van der Waals surface area contributed by atoms with Gasteiger partial charge in [-0.25, -0.2) is 12.7 Å². The predicted octanol–water partition coefficient (Wildman–Crippen LogP) is 2.69. The number of amides is 1. The van der Waals surface area contributed by atoms with E-state index in [4.69, 9.17) is 0 Å². The Morgan fingerprint density at radius 3 is 2.56 bits per heavy atom. The van der Waals surface area contributed by atoms with E-state index in [-0.39, 0.29) is 17.9 Å². The minimum absolute atomic E-state index is 0.0692. The number of halogens is 3. The Bertz CT molecular complexity index is 748. The summed E-state index contributed by atoms with van der Waals surface area (Å²) in [5, 5.41) is 2.55. The molecular formula is C17H23F3N2O3S2. The average Bonchev–Trinajstić information content (AvgIpc) is 2.62. The van der Waals surface area contributed by atoms with Gasteiger partial charge < -0.3 is 5.32 Å². The number of carbonyl (C=O) groups excluding carboxylic acids is 1. The van der Waals surface area contributed by atoms with Crippen molar-refractivity contribution in [3.63, 3.8) is 0 Å². The molecule has 0 aliphatic carbocycles. The van der Waals surface area contributed by atoms with Gasteiger partial charge in [-0.2, -0.15) is 24.9 Å². The first-order chi connectivity index (χ1) is 12.6. The molecule has 0 radical (unpaired) electrons. The third-order valence-electron chi connectivity index (χ3n) is 4.36. The highest BCUT2D eigenvalue weighted by atomic mass is 32.2. The lowest BCUT2D eigenvalue weighted by molar-refractivity contribution is -0.137. The molecule has 0 aromatic heterocycles. The Morgan fingerprint density at radius 2 is 1.96 bits per heavy atom. The summed E-state index contributed by atoms with van der Waals surface area (Å²) in [6.45, 7) is 2.55. The number of carbonyl (C=O) groups is 1. The molecule has 1 aromatic carbocycles. The third kappa shape index (κ3) is 6.11. The van der Waals surface area contributed by atoms with E-state index in [0.29, 0.717) is 19.5 Å². The summed E-state index contributed by atoms with van der Waals surface area (Å²) in [7, 11) is -3.45. The SMILES string of the molecule is CCC(C(=O)NCCS(=O)(=O)N1CCSCC1)c1cccc(C(F)(F)F)c1. The van der Waals surface area contributed by atoms with Crippen LogP contribution >= 0.6 is 11.8 Å². The van der Waals surface area contributed by atoms with Gasteiger partial charge in [0.1, 0.15) is 0 Å². The molecule has 152 valence electrons. The van der Waals surface area contributed by atoms with Gasteiger partial charge in [0.15, 0.2) is 0 Å². The van der Waals surface area contributed by atoms with Crippen molar-refractivity contribution in [3.05, 3.63) is 35.4 Å². The van der Waals surface area contributed by atoms with Crippen LogP contribution in [0.1, 0.15) is 30.4 Å². The molecule has 1 saturated heterocycles. The zero-order chi connectivity index (χ0) is 20.1. The largest absolute Gasteiger partial charge is 0.416 e. The van der Waals surface area contributed by atoms with E-state index in [9.17, 15) is 26.4 Å². The zero-order valence-corrected chi connectivity index (χ0v) is 16.6. The lowest BCUT2D eigenvalue weighted by Crippen LogP contribution is -2.42. The van der Waals surface area contributed by atoms with Crippen molar-refractivity contribution < 1.29 is 26.4 Å². The molecule has 27 heavy (non-hydrogen) atoms. The fourth-order valence-electron chi connectivity index (χ4n) is 2.88. The highest BCUT2D eigenvalue weighted by Gasteiger charge is 2.31. The molecule has 1 unspecified atom stereocenters. The summed E-state index contributed by atoms with van der Waals surface area (Å²) in [4.78, 5) is 12.4. The summed E-state index contributed by atoms with van der Waals surface area (Å²) in [6.07, 6.45) is -4.17. The highest BCUT2D eigenvalue weighted by Crippen LogP contribution is 2.31. The molecule has 2 rings (SSSR count). The molecule has 0 spiro atoms. The van der Waals surface area contributed by atoms with Crippen molar-refractivity contribution in [2.24, 2.45) is 0 Å². The van der Waals surface area contributed by atoms with Crippen LogP contribution in [0, 0.1) is 0 Å². The Hall–Kier alpha value is -1.26. The second-order valence-corrected chi connectivity index (χ2v) is 9.52. The Labute approximate surface area is 161 Å². The van der Waals surface area contributed by atoms with Crippen LogP contribution in [0.5, 0.6) is 0 Å². The van der Waals surface area contributed by atoms with Gasteiger partial charge >= 0.3 is 6.18 Å². The number of nitrogens with one attached hydrogen (secondary N) is 1. The van der Waals surface area contributed by atoms with E-state index < -0.39 is 33.6 Å². The van der Waals surface area contributed by atoms with Crippen molar-refractivity contribution in [2.45, 2.75) is 25.4 Å². The summed E-state index contributed by atoms with van der Waals surface area (Å²) in [5.74, 6) is 0.0446. The van der Waals surface area contributed by atoms with Gasteiger partial charge in [0.2, 0.25) is 15.9 Å². The first-order valence-electron chi connectivity index (χ1n) is 8.65. The normalized spacial score (nSPS) is 17.5. The van der Waals surface area contributed by atoms with E-state index in [1.807, 2.05) is 0 Å². The Kier molecular flexibility index (Phi) is 7.58. The van der Waals surface area contributed by atoms with E-state index in [0.717, 1.165) is 23.6 Å². The molecule has 1 fully saturated rings. The predicted molar refractivity (Wildman–Crippen MR) is 100 cm³/mol. The fraction of sp³-hybridized carbons (Fsp3) is 0.588. The molecule has 1 aliphatic heterocycles. The summed E-state index contributed by atoms with van der Waals surface area (Å²) in [5.41, 5.74) is -0.544. The quantitative estimate of drug-likeness (QED) is 0.731. The van der Waals surface area contributed by atoms with Crippen molar-refractivity contribution in [1.82, 2.24) is 9.62 Å². The third-order valence-corrected chi connectivity index (χ3v) is 7.18. The maximum Gasteiger partial charge on any atom is 0.416 e. The van der Waals surface area contributed by atoms with Crippen LogP contribution in [0.3, 0.4) is 0 Å². The topological polar surface area (TPSA) is 66.5 Å². The maximum absolute atomic E-state index is 12.9. The number of rotatable bonds is 7. The highest BCUT2D eigenvalue weighted by molar-refractivity contribution is 7.99. The minimum atomic E-state index is -4.48. The lowest BCUT2D eigenvalue weighted by Gasteiger charge is -2.25. The number of hydrogen-bond donors (Lipinski definition) is 1. The molecule has 10 heteroatoms. The standard InChI is InChI=1S/C17H23F3N2O3S2/c1-2-15(13-4-3-5-14(12-13)17(18,19)20)16(23)21-6-11-27(24,25)22-7-9-26-10-8-22/h3-5,12,15H,2,6-11H2,1H3,(H,21,23). The molecule has 1 aliphatic rings. The van der Waals surface area contributed by atoms with Crippen LogP contribution in [0.15, 0.2) is 24.3 Å². The van der Waals surface area contributed by atoms with E-state index in [1.165, 1.54) is 16.4 Å². The second kappa shape index (κ2) is 9.29. The van der Waals surface area contributed by atoms with Crippen LogP contribution in [-0.2, 0) is 21.0 Å². The van der Waals surface area contributed by atoms with Crippen LogP contribution in [0.2, 0.25) is 0 Å². The number of hydrogen-bond acceptors (Lipinski definition) is 4. The molecular weight excluding hydrogens is 401 g/mol.